The van der Waals surface area contributed by atoms with Crippen molar-refractivity contribution < 1.29 is 4.74 Å². The molecule has 0 aromatic heterocycles. The van der Waals surface area contributed by atoms with E-state index in [0.717, 1.165) is 24.3 Å². The van der Waals surface area contributed by atoms with Crippen molar-refractivity contribution in [1.82, 2.24) is 0 Å². The fourth-order valence-corrected chi connectivity index (χ4v) is 1.63. The van der Waals surface area contributed by atoms with Gasteiger partial charge in [0.25, 0.3) is 0 Å². The smallest absolute Gasteiger partial charge is 0.142 e. The van der Waals surface area contributed by atoms with E-state index < -0.39 is 0 Å². The molecule has 0 aliphatic carbocycles. The summed E-state index contributed by atoms with van der Waals surface area (Å²) in [6.07, 6.45) is 2.26. The summed E-state index contributed by atoms with van der Waals surface area (Å²) in [6, 6.07) is 6.78. The highest BCUT2D eigenvalue weighted by Crippen LogP contribution is 2.26. The minimum absolute atomic E-state index is 0.529. The van der Waals surface area contributed by atoms with Crippen LogP contribution >= 0.6 is 0 Å². The topological polar surface area (TPSA) is 21.3 Å². The third-order valence-corrected chi connectivity index (χ3v) is 2.70. The molecule has 0 aliphatic rings. The number of nitrogens with one attached hydrogen (secondary N) is 1. The number of methoxy groups -OCH3 is 1. The van der Waals surface area contributed by atoms with Crippen molar-refractivity contribution >= 4 is 5.69 Å². The summed E-state index contributed by atoms with van der Waals surface area (Å²) >= 11 is 0. The van der Waals surface area contributed by atoms with Crippen LogP contribution in [0.3, 0.4) is 0 Å². The van der Waals surface area contributed by atoms with Gasteiger partial charge in [0.15, 0.2) is 0 Å². The van der Waals surface area contributed by atoms with Gasteiger partial charge in [0.2, 0.25) is 0 Å². The number of anilines is 1. The van der Waals surface area contributed by atoms with Gasteiger partial charge in [-0.2, -0.15) is 0 Å². The largest absolute Gasteiger partial charge is 0.495 e. The van der Waals surface area contributed by atoms with Gasteiger partial charge in [-0.3, -0.25) is 0 Å². The third-order valence-electron chi connectivity index (χ3n) is 2.70. The second kappa shape index (κ2) is 5.64. The van der Waals surface area contributed by atoms with Gasteiger partial charge in [-0.15, -0.1) is 0 Å². The van der Waals surface area contributed by atoms with Crippen molar-refractivity contribution in [2.75, 3.05) is 12.4 Å². The van der Waals surface area contributed by atoms with Crippen LogP contribution in [0.15, 0.2) is 18.2 Å². The highest BCUT2D eigenvalue weighted by Gasteiger charge is 2.07. The minimum Gasteiger partial charge on any atom is -0.495 e. The summed E-state index contributed by atoms with van der Waals surface area (Å²) in [7, 11) is 1.72. The predicted octanol–water partition coefficient (Wildman–Crippen LogP) is 3.60. The average Bonchev–Trinajstić information content (AvgIpc) is 2.27. The quantitative estimate of drug-likeness (QED) is 0.796. The second-order valence-corrected chi connectivity index (χ2v) is 3.86. The normalized spacial score (nSPS) is 10.5. The van der Waals surface area contributed by atoms with Gasteiger partial charge in [-0.05, 0) is 37.5 Å². The molecule has 0 bridgehead atoms. The summed E-state index contributed by atoms with van der Waals surface area (Å²) in [6.45, 7) is 6.47. The summed E-state index contributed by atoms with van der Waals surface area (Å²) in [5.74, 6) is 0.932. The van der Waals surface area contributed by atoms with E-state index in [2.05, 4.69) is 44.3 Å². The van der Waals surface area contributed by atoms with Crippen molar-refractivity contribution in [3.8, 4) is 5.75 Å². The first kappa shape index (κ1) is 11.9. The zero-order chi connectivity index (χ0) is 11.3. The molecule has 1 aromatic carbocycles. The molecule has 2 nitrogen and oxygen atoms in total. The number of aryl methyl sites for hydroxylation is 1. The number of benzene rings is 1. The SMILES string of the molecule is CCC(CC)Nc1ccc(C)cc1OC. The highest BCUT2D eigenvalue weighted by atomic mass is 16.5. The molecular weight excluding hydrogens is 186 g/mol. The van der Waals surface area contributed by atoms with E-state index in [1.165, 1.54) is 5.56 Å². The Balaban J connectivity index is 2.83. The lowest BCUT2D eigenvalue weighted by atomic mass is 10.1. The molecule has 1 N–H and O–H groups in total. The molecular formula is C13H21NO. The van der Waals surface area contributed by atoms with Crippen LogP contribution in [0.1, 0.15) is 32.3 Å². The highest BCUT2D eigenvalue weighted by molar-refractivity contribution is 5.58. The van der Waals surface area contributed by atoms with E-state index in [9.17, 15) is 0 Å². The van der Waals surface area contributed by atoms with Crippen LogP contribution < -0.4 is 10.1 Å². The van der Waals surface area contributed by atoms with Crippen LogP contribution in [0, 0.1) is 6.92 Å². The van der Waals surface area contributed by atoms with E-state index in [4.69, 9.17) is 4.74 Å². The number of hydrogen-bond acceptors (Lipinski definition) is 2. The van der Waals surface area contributed by atoms with Crippen molar-refractivity contribution in [2.24, 2.45) is 0 Å². The standard InChI is InChI=1S/C13H21NO/c1-5-11(6-2)14-12-8-7-10(3)9-13(12)15-4/h7-9,11,14H,5-6H2,1-4H3. The monoisotopic (exact) mass is 207 g/mol. The summed E-state index contributed by atoms with van der Waals surface area (Å²) in [5.41, 5.74) is 2.32. The van der Waals surface area contributed by atoms with Crippen LogP contribution in [0.2, 0.25) is 0 Å². The van der Waals surface area contributed by atoms with Crippen LogP contribution in [-0.2, 0) is 0 Å². The molecule has 0 fully saturated rings. The summed E-state index contributed by atoms with van der Waals surface area (Å²) < 4.78 is 5.35. The maximum absolute atomic E-state index is 5.35. The lowest BCUT2D eigenvalue weighted by Crippen LogP contribution is -2.17. The lowest BCUT2D eigenvalue weighted by Gasteiger charge is -2.18. The fraction of sp³-hybridized carbons (Fsp3) is 0.538. The Hall–Kier alpha value is -1.18. The summed E-state index contributed by atoms with van der Waals surface area (Å²) in [5, 5.41) is 3.50. The number of rotatable bonds is 5. The van der Waals surface area contributed by atoms with E-state index in [0.29, 0.717) is 6.04 Å². The molecule has 2 heteroatoms. The van der Waals surface area contributed by atoms with Gasteiger partial charge in [-0.1, -0.05) is 19.9 Å². The zero-order valence-electron chi connectivity index (χ0n) is 10.1. The van der Waals surface area contributed by atoms with Crippen molar-refractivity contribution in [2.45, 2.75) is 39.7 Å². The van der Waals surface area contributed by atoms with Crippen molar-refractivity contribution in [1.29, 1.82) is 0 Å². The Labute approximate surface area is 92.6 Å². The molecule has 84 valence electrons. The van der Waals surface area contributed by atoms with Gasteiger partial charge in [-0.25, -0.2) is 0 Å². The van der Waals surface area contributed by atoms with Crippen molar-refractivity contribution in [3.05, 3.63) is 23.8 Å². The van der Waals surface area contributed by atoms with Crippen LogP contribution in [0.4, 0.5) is 5.69 Å². The molecule has 15 heavy (non-hydrogen) atoms. The molecule has 0 unspecified atom stereocenters. The van der Waals surface area contributed by atoms with Gasteiger partial charge in [0, 0.05) is 6.04 Å². The second-order valence-electron chi connectivity index (χ2n) is 3.86. The average molecular weight is 207 g/mol. The van der Waals surface area contributed by atoms with Crippen LogP contribution in [0.5, 0.6) is 5.75 Å². The first-order valence-corrected chi connectivity index (χ1v) is 5.62. The Morgan fingerprint density at radius 1 is 1.27 bits per heavy atom. The molecule has 1 rings (SSSR count). The molecule has 0 heterocycles. The van der Waals surface area contributed by atoms with Gasteiger partial charge in [0.05, 0.1) is 12.8 Å². The first-order chi connectivity index (χ1) is 7.21. The number of hydrogen-bond donors (Lipinski definition) is 1. The Morgan fingerprint density at radius 3 is 2.47 bits per heavy atom. The molecule has 0 atom stereocenters. The van der Waals surface area contributed by atoms with E-state index in [1.807, 2.05) is 0 Å². The zero-order valence-corrected chi connectivity index (χ0v) is 10.1. The van der Waals surface area contributed by atoms with Crippen molar-refractivity contribution in [3.63, 3.8) is 0 Å². The molecule has 0 saturated heterocycles. The number of ether oxygens (including phenoxy) is 1. The van der Waals surface area contributed by atoms with E-state index in [1.54, 1.807) is 7.11 Å². The Bertz CT molecular complexity index is 305. The van der Waals surface area contributed by atoms with E-state index in [-0.39, 0.29) is 0 Å². The minimum atomic E-state index is 0.529. The molecule has 1 aromatic rings. The lowest BCUT2D eigenvalue weighted by molar-refractivity contribution is 0.415. The Kier molecular flexibility index (Phi) is 4.47. The van der Waals surface area contributed by atoms with E-state index >= 15 is 0 Å². The molecule has 0 aliphatic heterocycles. The summed E-state index contributed by atoms with van der Waals surface area (Å²) in [4.78, 5) is 0. The van der Waals surface area contributed by atoms with Gasteiger partial charge in [0.1, 0.15) is 5.75 Å². The molecule has 0 spiro atoms. The maximum Gasteiger partial charge on any atom is 0.142 e. The fourth-order valence-electron chi connectivity index (χ4n) is 1.63. The Morgan fingerprint density at radius 2 is 1.93 bits per heavy atom. The van der Waals surface area contributed by atoms with Gasteiger partial charge >= 0.3 is 0 Å². The maximum atomic E-state index is 5.35. The van der Waals surface area contributed by atoms with Crippen LogP contribution in [-0.4, -0.2) is 13.2 Å². The molecule has 0 saturated carbocycles. The third kappa shape index (κ3) is 3.15. The van der Waals surface area contributed by atoms with Gasteiger partial charge < -0.3 is 10.1 Å². The first-order valence-electron chi connectivity index (χ1n) is 5.62. The molecule has 0 radical (unpaired) electrons. The molecule has 0 amide bonds. The predicted molar refractivity (Wildman–Crippen MR) is 65.7 cm³/mol. The van der Waals surface area contributed by atoms with Crippen LogP contribution in [0.25, 0.3) is 0 Å².